The zero-order valence-corrected chi connectivity index (χ0v) is 12.5. The summed E-state index contributed by atoms with van der Waals surface area (Å²) in [5, 5.41) is 13.0. The Balaban J connectivity index is 2.29. The van der Waals surface area contributed by atoms with Gasteiger partial charge < -0.3 is 0 Å². The van der Waals surface area contributed by atoms with E-state index in [0.717, 1.165) is 15.9 Å². The predicted molar refractivity (Wildman–Crippen MR) is 90.3 cm³/mol. The second-order valence-electron chi connectivity index (χ2n) is 4.87. The Bertz CT molecular complexity index is 588. The molecule has 3 aromatic rings. The first kappa shape index (κ1) is 14.0. The van der Waals surface area contributed by atoms with Gasteiger partial charge in [0.25, 0.3) is 0 Å². The van der Waals surface area contributed by atoms with Crippen LogP contribution in [-0.4, -0.2) is 5.26 Å². The van der Waals surface area contributed by atoms with Crippen molar-refractivity contribution < 1.29 is 9.93 Å². The van der Waals surface area contributed by atoms with Crippen molar-refractivity contribution in [3.05, 3.63) is 91.0 Å². The summed E-state index contributed by atoms with van der Waals surface area (Å²) in [6.07, 6.45) is 0. The minimum absolute atomic E-state index is 1.02. The molecule has 0 unspecified atom stereocenters. The minimum atomic E-state index is -2.84. The van der Waals surface area contributed by atoms with Gasteiger partial charge in [0.05, 0.1) is 0 Å². The molecule has 0 saturated heterocycles. The van der Waals surface area contributed by atoms with E-state index in [1.165, 1.54) is 0 Å². The Labute approximate surface area is 125 Å². The zero-order valence-electron chi connectivity index (χ0n) is 11.5. The first-order valence-electron chi connectivity index (χ1n) is 6.87. The van der Waals surface area contributed by atoms with Crippen molar-refractivity contribution in [1.82, 2.24) is 0 Å². The van der Waals surface area contributed by atoms with E-state index in [1.54, 1.807) is 0 Å². The molecule has 0 saturated carbocycles. The van der Waals surface area contributed by atoms with Gasteiger partial charge in [0.1, 0.15) is 0 Å². The summed E-state index contributed by atoms with van der Waals surface area (Å²) in [7, 11) is -2.84. The summed E-state index contributed by atoms with van der Waals surface area (Å²) in [6.45, 7) is 0. The van der Waals surface area contributed by atoms with Crippen LogP contribution in [-0.2, 0) is 4.67 Å². The SMILES string of the molecule is OO[PH](c1ccccc1)(c1ccccc1)c1ccccc1. The molecule has 0 aromatic heterocycles. The van der Waals surface area contributed by atoms with E-state index in [1.807, 2.05) is 91.0 Å². The molecule has 3 rings (SSSR count). The molecule has 0 atom stereocenters. The van der Waals surface area contributed by atoms with Crippen molar-refractivity contribution in [2.75, 3.05) is 0 Å². The fourth-order valence-electron chi connectivity index (χ4n) is 2.68. The summed E-state index contributed by atoms with van der Waals surface area (Å²) < 4.78 is 5.24. The molecule has 2 nitrogen and oxygen atoms in total. The van der Waals surface area contributed by atoms with Gasteiger partial charge in [-0.25, -0.2) is 0 Å². The first-order chi connectivity index (χ1) is 10.4. The molecule has 0 bridgehead atoms. The summed E-state index contributed by atoms with van der Waals surface area (Å²) in [4.78, 5) is 0. The molecule has 3 aromatic carbocycles. The van der Waals surface area contributed by atoms with Gasteiger partial charge >= 0.3 is 124 Å². The van der Waals surface area contributed by atoms with Crippen LogP contribution in [0, 0.1) is 0 Å². The Hall–Kier alpha value is -1.99. The van der Waals surface area contributed by atoms with Gasteiger partial charge in [0.15, 0.2) is 0 Å². The van der Waals surface area contributed by atoms with E-state index >= 15 is 0 Å². The molecular formula is C18H17O2P. The molecule has 0 amide bonds. The van der Waals surface area contributed by atoms with Crippen LogP contribution in [0.25, 0.3) is 0 Å². The summed E-state index contributed by atoms with van der Waals surface area (Å²) in [6, 6.07) is 29.8. The molecule has 0 fully saturated rings. The van der Waals surface area contributed by atoms with Crippen LogP contribution in [0.1, 0.15) is 0 Å². The van der Waals surface area contributed by atoms with Gasteiger partial charge in [-0.1, -0.05) is 0 Å². The van der Waals surface area contributed by atoms with E-state index in [0.29, 0.717) is 0 Å². The van der Waals surface area contributed by atoms with E-state index < -0.39 is 7.49 Å². The van der Waals surface area contributed by atoms with Crippen LogP contribution in [0.15, 0.2) is 91.0 Å². The summed E-state index contributed by atoms with van der Waals surface area (Å²) >= 11 is 0. The van der Waals surface area contributed by atoms with Gasteiger partial charge in [-0.15, -0.1) is 0 Å². The topological polar surface area (TPSA) is 29.5 Å². The summed E-state index contributed by atoms with van der Waals surface area (Å²) in [5.41, 5.74) is 0. The number of hydrogen-bond donors (Lipinski definition) is 1. The molecule has 0 aliphatic carbocycles. The second kappa shape index (κ2) is 6.19. The Morgan fingerprint density at radius 3 is 1.05 bits per heavy atom. The molecule has 0 aliphatic heterocycles. The number of rotatable bonds is 4. The fourth-order valence-corrected chi connectivity index (χ4v) is 5.98. The van der Waals surface area contributed by atoms with Crippen LogP contribution >= 0.6 is 7.49 Å². The van der Waals surface area contributed by atoms with E-state index in [9.17, 15) is 5.26 Å². The van der Waals surface area contributed by atoms with E-state index in [2.05, 4.69) is 0 Å². The average molecular weight is 296 g/mol. The van der Waals surface area contributed by atoms with Crippen LogP contribution in [0.3, 0.4) is 0 Å². The van der Waals surface area contributed by atoms with Crippen molar-refractivity contribution in [2.45, 2.75) is 0 Å². The molecule has 21 heavy (non-hydrogen) atoms. The first-order valence-corrected chi connectivity index (χ1v) is 8.78. The van der Waals surface area contributed by atoms with Gasteiger partial charge in [0, 0.05) is 0 Å². The Morgan fingerprint density at radius 1 is 0.524 bits per heavy atom. The Morgan fingerprint density at radius 2 is 0.810 bits per heavy atom. The standard InChI is InChI=1S/C18H17O2P/c19-20-21(16-10-4-1-5-11-16,17-12-6-2-7-13-17)18-14-8-3-9-15-18/h1-15,19,21H. The van der Waals surface area contributed by atoms with E-state index in [4.69, 9.17) is 4.67 Å². The quantitative estimate of drug-likeness (QED) is 0.455. The number of benzene rings is 3. The van der Waals surface area contributed by atoms with Gasteiger partial charge in [-0.2, -0.15) is 0 Å². The van der Waals surface area contributed by atoms with Crippen LogP contribution in [0.5, 0.6) is 0 Å². The third-order valence-corrected chi connectivity index (χ3v) is 7.39. The van der Waals surface area contributed by atoms with Gasteiger partial charge in [-0.3, -0.25) is 0 Å². The van der Waals surface area contributed by atoms with Crippen LogP contribution in [0.4, 0.5) is 0 Å². The molecule has 0 heterocycles. The van der Waals surface area contributed by atoms with Crippen molar-refractivity contribution >= 4 is 23.4 Å². The Kier molecular flexibility index (Phi) is 4.12. The number of hydrogen-bond acceptors (Lipinski definition) is 2. The van der Waals surface area contributed by atoms with Crippen LogP contribution < -0.4 is 15.9 Å². The molecule has 3 heteroatoms. The molecule has 106 valence electrons. The molecule has 0 spiro atoms. The zero-order chi connectivity index (χ0) is 14.5. The fraction of sp³-hybridized carbons (Fsp3) is 0. The molecule has 0 aliphatic rings. The maximum atomic E-state index is 9.90. The monoisotopic (exact) mass is 296 g/mol. The van der Waals surface area contributed by atoms with Crippen molar-refractivity contribution in [2.24, 2.45) is 0 Å². The molecular weight excluding hydrogens is 279 g/mol. The third-order valence-electron chi connectivity index (χ3n) is 3.68. The van der Waals surface area contributed by atoms with Gasteiger partial charge in [0.2, 0.25) is 0 Å². The normalized spacial score (nSPS) is 12.0. The summed E-state index contributed by atoms with van der Waals surface area (Å²) in [5.74, 6) is 0. The van der Waals surface area contributed by atoms with Crippen molar-refractivity contribution in [1.29, 1.82) is 0 Å². The average Bonchev–Trinajstić information content (AvgIpc) is 2.59. The van der Waals surface area contributed by atoms with Crippen molar-refractivity contribution in [3.8, 4) is 0 Å². The van der Waals surface area contributed by atoms with Gasteiger partial charge in [-0.05, 0) is 0 Å². The third kappa shape index (κ3) is 2.50. The van der Waals surface area contributed by atoms with Crippen molar-refractivity contribution in [3.63, 3.8) is 0 Å². The maximum absolute atomic E-state index is 9.90. The second-order valence-corrected chi connectivity index (χ2v) is 8.15. The molecule has 0 radical (unpaired) electrons. The van der Waals surface area contributed by atoms with E-state index in [-0.39, 0.29) is 0 Å². The molecule has 1 N–H and O–H groups in total. The van der Waals surface area contributed by atoms with Crippen LogP contribution in [0.2, 0.25) is 0 Å². The predicted octanol–water partition coefficient (Wildman–Crippen LogP) is 3.12.